The van der Waals surface area contributed by atoms with Crippen molar-refractivity contribution in [1.82, 2.24) is 0 Å². The maximum atomic E-state index is 2.41. The van der Waals surface area contributed by atoms with E-state index in [0.717, 1.165) is 0 Å². The summed E-state index contributed by atoms with van der Waals surface area (Å²) in [6.45, 7) is 13.8. The van der Waals surface area contributed by atoms with E-state index >= 15 is 0 Å². The molecule has 0 atom stereocenters. The van der Waals surface area contributed by atoms with Gasteiger partial charge in [0.2, 0.25) is 0 Å². The summed E-state index contributed by atoms with van der Waals surface area (Å²) >= 11 is 0. The summed E-state index contributed by atoms with van der Waals surface area (Å²) in [6, 6.07) is 18.1. The zero-order valence-electron chi connectivity index (χ0n) is 14.2. The van der Waals surface area contributed by atoms with Crippen LogP contribution in [0.5, 0.6) is 0 Å². The van der Waals surface area contributed by atoms with E-state index < -0.39 is 0 Å². The molecular weight excluding hydrogens is 268 g/mol. The highest BCUT2D eigenvalue weighted by molar-refractivity contribution is 6.67. The van der Waals surface area contributed by atoms with Crippen LogP contribution < -0.4 is 10.4 Å². The van der Waals surface area contributed by atoms with Gasteiger partial charge in [-0.25, -0.2) is 0 Å². The minimum atomic E-state index is 0.167. The van der Waals surface area contributed by atoms with Crippen molar-refractivity contribution in [3.63, 3.8) is 0 Å². The van der Waals surface area contributed by atoms with Gasteiger partial charge in [-0.1, -0.05) is 100 Å². The summed E-state index contributed by atoms with van der Waals surface area (Å²) in [6.07, 6.45) is 0. The molecule has 0 aliphatic rings. The molecule has 0 aliphatic heterocycles. The Balaban J connectivity index is 2.45. The monoisotopic (exact) mass is 295 g/mol. The predicted octanol–water partition coefficient (Wildman–Crippen LogP) is 3.67. The van der Waals surface area contributed by atoms with E-state index in [9.17, 15) is 0 Å². The second-order valence-electron chi connectivity index (χ2n) is 7.90. The average molecular weight is 296 g/mol. The van der Waals surface area contributed by atoms with Crippen molar-refractivity contribution < 1.29 is 0 Å². The van der Waals surface area contributed by atoms with Gasteiger partial charge in [-0.2, -0.15) is 0 Å². The standard InChI is InChI=1S/C20H27Si/c1-19(2,3)15-12-16(20(4,5)6)14-18(13-15)21-17-10-8-7-9-11-17/h7-14,21H,1-6H3. The van der Waals surface area contributed by atoms with E-state index in [4.69, 9.17) is 0 Å². The van der Waals surface area contributed by atoms with Gasteiger partial charge in [-0.15, -0.1) is 0 Å². The molecule has 0 spiro atoms. The van der Waals surface area contributed by atoms with Crippen LogP contribution in [0.1, 0.15) is 52.7 Å². The number of hydrogen-bond donors (Lipinski definition) is 0. The van der Waals surface area contributed by atoms with E-state index in [-0.39, 0.29) is 20.3 Å². The molecule has 0 aliphatic carbocycles. The molecule has 0 fully saturated rings. The van der Waals surface area contributed by atoms with E-state index in [0.29, 0.717) is 0 Å². The fraction of sp³-hybridized carbons (Fsp3) is 0.400. The summed E-state index contributed by atoms with van der Waals surface area (Å²) in [5, 5.41) is 2.96. The summed E-state index contributed by atoms with van der Waals surface area (Å²) < 4.78 is 0. The normalized spacial score (nSPS) is 12.5. The first-order chi connectivity index (χ1) is 9.66. The Labute approximate surface area is 132 Å². The Morgan fingerprint density at radius 1 is 0.619 bits per heavy atom. The van der Waals surface area contributed by atoms with Crippen LogP contribution in [0, 0.1) is 0 Å². The molecule has 0 heterocycles. The van der Waals surface area contributed by atoms with Crippen LogP contribution in [0.3, 0.4) is 0 Å². The fourth-order valence-corrected chi connectivity index (χ4v) is 3.67. The first-order valence-electron chi connectivity index (χ1n) is 7.72. The first-order valence-corrected chi connectivity index (χ1v) is 8.87. The van der Waals surface area contributed by atoms with Crippen molar-refractivity contribution in [3.05, 3.63) is 59.7 Å². The maximum Gasteiger partial charge on any atom is 0.103 e. The highest BCUT2D eigenvalue weighted by Crippen LogP contribution is 2.27. The number of benzene rings is 2. The third kappa shape index (κ3) is 4.31. The lowest BCUT2D eigenvalue weighted by Gasteiger charge is -2.26. The molecule has 0 nitrogen and oxygen atoms in total. The Hall–Kier alpha value is -1.34. The van der Waals surface area contributed by atoms with E-state index in [1.165, 1.54) is 21.5 Å². The zero-order valence-corrected chi connectivity index (χ0v) is 15.4. The highest BCUT2D eigenvalue weighted by atomic mass is 28.2. The molecule has 0 saturated carbocycles. The maximum absolute atomic E-state index is 2.41. The van der Waals surface area contributed by atoms with Gasteiger partial charge < -0.3 is 0 Å². The van der Waals surface area contributed by atoms with Gasteiger partial charge in [0.1, 0.15) is 9.52 Å². The van der Waals surface area contributed by atoms with Crippen LogP contribution in [0.15, 0.2) is 48.5 Å². The highest BCUT2D eigenvalue weighted by Gasteiger charge is 2.20. The first kappa shape index (κ1) is 16.0. The molecular formula is C20H27Si. The van der Waals surface area contributed by atoms with Crippen molar-refractivity contribution >= 4 is 19.9 Å². The lowest BCUT2D eigenvalue weighted by molar-refractivity contribution is 0.569. The summed E-state index contributed by atoms with van der Waals surface area (Å²) in [5.41, 5.74) is 3.31. The molecule has 0 saturated heterocycles. The molecule has 0 amide bonds. The summed E-state index contributed by atoms with van der Waals surface area (Å²) in [5.74, 6) is 0. The molecule has 2 aromatic rings. The van der Waals surface area contributed by atoms with Crippen molar-refractivity contribution in [3.8, 4) is 0 Å². The molecule has 0 unspecified atom stereocenters. The predicted molar refractivity (Wildman–Crippen MR) is 96.7 cm³/mol. The van der Waals surface area contributed by atoms with Crippen molar-refractivity contribution in [2.24, 2.45) is 0 Å². The Morgan fingerprint density at radius 3 is 1.52 bits per heavy atom. The fourth-order valence-electron chi connectivity index (χ4n) is 2.34. The SMILES string of the molecule is CC(C)(C)c1cc([SiH]c2ccccc2)cc(C(C)(C)C)c1. The third-order valence-electron chi connectivity index (χ3n) is 3.82. The summed E-state index contributed by atoms with van der Waals surface area (Å²) in [4.78, 5) is 0. The second-order valence-corrected chi connectivity index (χ2v) is 9.52. The molecule has 2 rings (SSSR count). The van der Waals surface area contributed by atoms with Gasteiger partial charge in [0.05, 0.1) is 0 Å². The molecule has 111 valence electrons. The molecule has 1 heteroatoms. The van der Waals surface area contributed by atoms with Crippen molar-refractivity contribution in [2.75, 3.05) is 0 Å². The van der Waals surface area contributed by atoms with E-state index in [1.807, 2.05) is 0 Å². The third-order valence-corrected chi connectivity index (χ3v) is 5.21. The molecule has 1 radical (unpaired) electrons. The van der Waals surface area contributed by atoms with Crippen LogP contribution in [-0.2, 0) is 10.8 Å². The average Bonchev–Trinajstić information content (AvgIpc) is 2.37. The Kier molecular flexibility index (Phi) is 4.43. The summed E-state index contributed by atoms with van der Waals surface area (Å²) in [7, 11) is 0.167. The Morgan fingerprint density at radius 2 is 1.10 bits per heavy atom. The van der Waals surface area contributed by atoms with Gasteiger partial charge in [0.25, 0.3) is 0 Å². The number of rotatable bonds is 2. The van der Waals surface area contributed by atoms with Crippen molar-refractivity contribution in [2.45, 2.75) is 52.4 Å². The van der Waals surface area contributed by atoms with Gasteiger partial charge in [-0.05, 0) is 22.0 Å². The Bertz CT molecular complexity index is 566. The lowest BCUT2D eigenvalue weighted by Crippen LogP contribution is -2.30. The largest absolute Gasteiger partial charge is 0.103 e. The second kappa shape index (κ2) is 5.80. The van der Waals surface area contributed by atoms with Crippen LogP contribution >= 0.6 is 0 Å². The van der Waals surface area contributed by atoms with E-state index in [1.54, 1.807) is 0 Å². The lowest BCUT2D eigenvalue weighted by atomic mass is 9.81. The number of hydrogen-bond acceptors (Lipinski definition) is 0. The van der Waals surface area contributed by atoms with Crippen LogP contribution in [0.25, 0.3) is 0 Å². The van der Waals surface area contributed by atoms with Crippen LogP contribution in [0.4, 0.5) is 0 Å². The molecule has 2 aromatic carbocycles. The van der Waals surface area contributed by atoms with E-state index in [2.05, 4.69) is 90.1 Å². The van der Waals surface area contributed by atoms with Crippen LogP contribution in [-0.4, -0.2) is 9.52 Å². The molecule has 0 bridgehead atoms. The minimum Gasteiger partial charge on any atom is -0.0632 e. The smallest absolute Gasteiger partial charge is 0.0632 e. The quantitative estimate of drug-likeness (QED) is 0.742. The van der Waals surface area contributed by atoms with Gasteiger partial charge in [-0.3, -0.25) is 0 Å². The topological polar surface area (TPSA) is 0 Å². The van der Waals surface area contributed by atoms with Crippen LogP contribution in [0.2, 0.25) is 0 Å². The molecule has 0 N–H and O–H groups in total. The van der Waals surface area contributed by atoms with Crippen molar-refractivity contribution in [1.29, 1.82) is 0 Å². The van der Waals surface area contributed by atoms with Gasteiger partial charge in [0.15, 0.2) is 0 Å². The van der Waals surface area contributed by atoms with Gasteiger partial charge in [0, 0.05) is 0 Å². The molecule has 21 heavy (non-hydrogen) atoms. The zero-order chi connectivity index (χ0) is 15.7. The molecule has 0 aromatic heterocycles. The van der Waals surface area contributed by atoms with Gasteiger partial charge >= 0.3 is 0 Å². The minimum absolute atomic E-state index is 0.167.